The molecule has 0 aliphatic rings. The van der Waals surface area contributed by atoms with Crippen LogP contribution in [0, 0.1) is 0 Å². The number of methoxy groups -OCH3 is 1. The molecule has 2 N–H and O–H groups in total. The number of phenols is 1. The van der Waals surface area contributed by atoms with E-state index in [9.17, 15) is 5.11 Å². The fraction of sp³-hybridized carbons (Fsp3) is 0.158. The molecule has 0 aliphatic carbocycles. The van der Waals surface area contributed by atoms with Crippen LogP contribution in [-0.2, 0) is 13.1 Å². The summed E-state index contributed by atoms with van der Waals surface area (Å²) < 4.78 is 6.38. The fourth-order valence-electron chi connectivity index (χ4n) is 2.63. The molecule has 0 bridgehead atoms. The SMILES string of the molecule is COc1ccccc1CNCc1cc2cc(Br)ccc2cc1O. The summed E-state index contributed by atoms with van der Waals surface area (Å²) in [6, 6.07) is 17.8. The van der Waals surface area contributed by atoms with Crippen molar-refractivity contribution < 1.29 is 9.84 Å². The van der Waals surface area contributed by atoms with Gasteiger partial charge in [-0.3, -0.25) is 0 Å². The lowest BCUT2D eigenvalue weighted by atomic mass is 10.1. The predicted octanol–water partition coefficient (Wildman–Crippen LogP) is 4.61. The van der Waals surface area contributed by atoms with Crippen LogP contribution < -0.4 is 10.1 Å². The van der Waals surface area contributed by atoms with Crippen molar-refractivity contribution in [2.24, 2.45) is 0 Å². The Morgan fingerprint density at radius 2 is 1.74 bits per heavy atom. The van der Waals surface area contributed by atoms with Gasteiger partial charge in [-0.2, -0.15) is 0 Å². The lowest BCUT2D eigenvalue weighted by Gasteiger charge is -2.11. The van der Waals surface area contributed by atoms with Gasteiger partial charge in [-0.15, -0.1) is 0 Å². The highest BCUT2D eigenvalue weighted by Crippen LogP contribution is 2.27. The molecule has 4 heteroatoms. The van der Waals surface area contributed by atoms with Crippen LogP contribution in [0.4, 0.5) is 0 Å². The molecule has 118 valence electrons. The molecular formula is C19H18BrNO2. The number of phenolic OH excluding ortho intramolecular Hbond substituents is 1. The number of hydrogen-bond donors (Lipinski definition) is 2. The Morgan fingerprint density at radius 3 is 2.57 bits per heavy atom. The molecular weight excluding hydrogens is 354 g/mol. The van der Waals surface area contributed by atoms with E-state index < -0.39 is 0 Å². The van der Waals surface area contributed by atoms with Gasteiger partial charge in [-0.1, -0.05) is 40.2 Å². The zero-order valence-electron chi connectivity index (χ0n) is 12.8. The number of benzene rings is 3. The van der Waals surface area contributed by atoms with Gasteiger partial charge in [0.2, 0.25) is 0 Å². The van der Waals surface area contributed by atoms with E-state index in [4.69, 9.17) is 4.74 Å². The third-order valence-corrected chi connectivity index (χ3v) is 4.32. The number of halogens is 1. The second-order valence-electron chi connectivity index (χ2n) is 5.39. The number of para-hydroxylation sites is 1. The van der Waals surface area contributed by atoms with Crippen molar-refractivity contribution in [2.75, 3.05) is 7.11 Å². The average molecular weight is 372 g/mol. The van der Waals surface area contributed by atoms with E-state index in [1.54, 1.807) is 7.11 Å². The zero-order chi connectivity index (χ0) is 16.2. The second-order valence-corrected chi connectivity index (χ2v) is 6.30. The van der Waals surface area contributed by atoms with Gasteiger partial charge in [0, 0.05) is 28.7 Å². The van der Waals surface area contributed by atoms with Gasteiger partial charge in [-0.25, -0.2) is 0 Å². The maximum Gasteiger partial charge on any atom is 0.123 e. The Hall–Kier alpha value is -2.04. The minimum absolute atomic E-state index is 0.312. The molecule has 3 nitrogen and oxygen atoms in total. The molecule has 0 heterocycles. The molecule has 3 aromatic rings. The minimum Gasteiger partial charge on any atom is -0.508 e. The maximum absolute atomic E-state index is 10.2. The van der Waals surface area contributed by atoms with E-state index in [1.807, 2.05) is 48.5 Å². The molecule has 0 saturated carbocycles. The summed E-state index contributed by atoms with van der Waals surface area (Å²) in [5, 5.41) is 15.7. The van der Waals surface area contributed by atoms with Crippen molar-refractivity contribution in [1.29, 1.82) is 0 Å². The highest BCUT2D eigenvalue weighted by atomic mass is 79.9. The van der Waals surface area contributed by atoms with Crippen LogP contribution in [0.1, 0.15) is 11.1 Å². The number of fused-ring (bicyclic) bond motifs is 1. The van der Waals surface area contributed by atoms with Crippen molar-refractivity contribution in [1.82, 2.24) is 5.32 Å². The van der Waals surface area contributed by atoms with Crippen molar-refractivity contribution in [2.45, 2.75) is 13.1 Å². The molecule has 0 unspecified atom stereocenters. The topological polar surface area (TPSA) is 41.5 Å². The summed E-state index contributed by atoms with van der Waals surface area (Å²) in [7, 11) is 1.67. The van der Waals surface area contributed by atoms with E-state index in [2.05, 4.69) is 27.3 Å². The van der Waals surface area contributed by atoms with E-state index >= 15 is 0 Å². The zero-order valence-corrected chi connectivity index (χ0v) is 14.4. The number of rotatable bonds is 5. The molecule has 0 atom stereocenters. The van der Waals surface area contributed by atoms with Gasteiger partial charge in [0.15, 0.2) is 0 Å². The van der Waals surface area contributed by atoms with E-state index in [0.29, 0.717) is 18.8 Å². The van der Waals surface area contributed by atoms with Crippen LogP contribution in [0.15, 0.2) is 59.1 Å². The average Bonchev–Trinajstić information content (AvgIpc) is 2.56. The normalized spacial score (nSPS) is 10.9. The van der Waals surface area contributed by atoms with Crippen molar-refractivity contribution in [3.63, 3.8) is 0 Å². The highest BCUT2D eigenvalue weighted by molar-refractivity contribution is 9.10. The van der Waals surface area contributed by atoms with Gasteiger partial charge in [0.25, 0.3) is 0 Å². The number of aromatic hydroxyl groups is 1. The summed E-state index contributed by atoms with van der Waals surface area (Å²) in [6.07, 6.45) is 0. The predicted molar refractivity (Wildman–Crippen MR) is 96.9 cm³/mol. The first kappa shape index (κ1) is 15.8. The minimum atomic E-state index is 0.312. The van der Waals surface area contributed by atoms with Gasteiger partial charge >= 0.3 is 0 Å². The van der Waals surface area contributed by atoms with E-state index in [-0.39, 0.29) is 0 Å². The fourth-order valence-corrected chi connectivity index (χ4v) is 3.00. The van der Waals surface area contributed by atoms with Crippen LogP contribution in [0.2, 0.25) is 0 Å². The molecule has 0 aliphatic heterocycles. The van der Waals surface area contributed by atoms with Crippen LogP contribution in [0.25, 0.3) is 10.8 Å². The third kappa shape index (κ3) is 3.66. The molecule has 0 fully saturated rings. The monoisotopic (exact) mass is 371 g/mol. The van der Waals surface area contributed by atoms with Crippen molar-refractivity contribution in [3.8, 4) is 11.5 Å². The van der Waals surface area contributed by atoms with Crippen LogP contribution in [0.3, 0.4) is 0 Å². The largest absolute Gasteiger partial charge is 0.508 e. The molecule has 0 spiro atoms. The molecule has 0 radical (unpaired) electrons. The van der Waals surface area contributed by atoms with Gasteiger partial charge < -0.3 is 15.2 Å². The molecule has 0 aromatic heterocycles. The van der Waals surface area contributed by atoms with Crippen molar-refractivity contribution >= 4 is 26.7 Å². The molecule has 3 rings (SSSR count). The Labute approximate surface area is 144 Å². The Kier molecular flexibility index (Phi) is 4.84. The first-order chi connectivity index (χ1) is 11.2. The molecule has 0 saturated heterocycles. The molecule has 0 amide bonds. The number of nitrogens with one attached hydrogen (secondary N) is 1. The van der Waals surface area contributed by atoms with Gasteiger partial charge in [0.1, 0.15) is 11.5 Å². The second kappa shape index (κ2) is 7.02. The lowest BCUT2D eigenvalue weighted by Crippen LogP contribution is -2.13. The Balaban J connectivity index is 1.75. The summed E-state index contributed by atoms with van der Waals surface area (Å²) in [4.78, 5) is 0. The summed E-state index contributed by atoms with van der Waals surface area (Å²) in [6.45, 7) is 1.27. The lowest BCUT2D eigenvalue weighted by molar-refractivity contribution is 0.407. The van der Waals surface area contributed by atoms with Gasteiger partial charge in [0.05, 0.1) is 7.11 Å². The Morgan fingerprint density at radius 1 is 0.957 bits per heavy atom. The highest BCUT2D eigenvalue weighted by Gasteiger charge is 2.06. The quantitative estimate of drug-likeness (QED) is 0.688. The maximum atomic E-state index is 10.2. The number of ether oxygens (including phenoxy) is 1. The third-order valence-electron chi connectivity index (χ3n) is 3.82. The number of hydrogen-bond acceptors (Lipinski definition) is 3. The smallest absolute Gasteiger partial charge is 0.123 e. The van der Waals surface area contributed by atoms with Gasteiger partial charge in [-0.05, 0) is 41.1 Å². The molecule has 3 aromatic carbocycles. The molecule has 23 heavy (non-hydrogen) atoms. The summed E-state index contributed by atoms with van der Waals surface area (Å²) in [5.41, 5.74) is 1.98. The Bertz CT molecular complexity index is 833. The van der Waals surface area contributed by atoms with Crippen LogP contribution in [0.5, 0.6) is 11.5 Å². The van der Waals surface area contributed by atoms with E-state index in [0.717, 1.165) is 32.1 Å². The summed E-state index contributed by atoms with van der Waals surface area (Å²) in [5.74, 6) is 1.18. The first-order valence-corrected chi connectivity index (χ1v) is 8.20. The standard InChI is InChI=1S/C19H18BrNO2/c1-23-19-5-3-2-4-14(19)11-21-12-16-8-15-9-17(20)7-6-13(15)10-18(16)22/h2-10,21-22H,11-12H2,1H3. The van der Waals surface area contributed by atoms with E-state index in [1.165, 1.54) is 0 Å². The first-order valence-electron chi connectivity index (χ1n) is 7.41. The van der Waals surface area contributed by atoms with Crippen molar-refractivity contribution in [3.05, 3.63) is 70.2 Å². The summed E-state index contributed by atoms with van der Waals surface area (Å²) >= 11 is 3.48. The van der Waals surface area contributed by atoms with Crippen LogP contribution in [-0.4, -0.2) is 12.2 Å². The van der Waals surface area contributed by atoms with Crippen LogP contribution >= 0.6 is 15.9 Å².